The number of nitrogens with one attached hydrogen (secondary N) is 1. The van der Waals surface area contributed by atoms with E-state index in [2.05, 4.69) is 36.9 Å². The molecule has 1 saturated heterocycles. The summed E-state index contributed by atoms with van der Waals surface area (Å²) in [7, 11) is 0. The van der Waals surface area contributed by atoms with E-state index in [1.54, 1.807) is 6.20 Å². The van der Waals surface area contributed by atoms with Gasteiger partial charge >= 0.3 is 0 Å². The van der Waals surface area contributed by atoms with Crippen LogP contribution in [-0.2, 0) is 17.8 Å². The standard InChI is InChI=1S/C19H28N6O/c20-19(22-7-4-9-24-11-13-26-14-12-24)23-15-18-21-8-10-25(18)16-17-5-2-1-3-6-17/h1-3,5-6,8,10H,4,7,9,11-16H2,(H3,20,22,23). The summed E-state index contributed by atoms with van der Waals surface area (Å²) < 4.78 is 7.46. The van der Waals surface area contributed by atoms with Gasteiger partial charge in [0.25, 0.3) is 0 Å². The average Bonchev–Trinajstić information content (AvgIpc) is 3.12. The lowest BCUT2D eigenvalue weighted by molar-refractivity contribution is 0.0376. The number of nitrogens with zero attached hydrogens (tertiary/aromatic N) is 4. The van der Waals surface area contributed by atoms with Gasteiger partial charge < -0.3 is 20.4 Å². The molecule has 1 aliphatic rings. The van der Waals surface area contributed by atoms with Gasteiger partial charge in [-0.25, -0.2) is 9.98 Å². The summed E-state index contributed by atoms with van der Waals surface area (Å²) in [5.74, 6) is 1.38. The Labute approximate surface area is 154 Å². The van der Waals surface area contributed by atoms with Crippen molar-refractivity contribution in [2.24, 2.45) is 10.7 Å². The number of hydrogen-bond donors (Lipinski definition) is 2. The van der Waals surface area contributed by atoms with Crippen LogP contribution in [0.1, 0.15) is 17.8 Å². The Morgan fingerprint density at radius 2 is 2.04 bits per heavy atom. The van der Waals surface area contributed by atoms with Gasteiger partial charge in [0.1, 0.15) is 12.4 Å². The van der Waals surface area contributed by atoms with E-state index in [0.717, 1.165) is 58.2 Å². The minimum Gasteiger partial charge on any atom is -0.379 e. The summed E-state index contributed by atoms with van der Waals surface area (Å²) in [6.07, 6.45) is 4.82. The van der Waals surface area contributed by atoms with Crippen molar-refractivity contribution in [1.82, 2.24) is 19.8 Å². The fourth-order valence-electron chi connectivity index (χ4n) is 2.97. The number of rotatable bonds is 8. The van der Waals surface area contributed by atoms with Gasteiger partial charge in [-0.2, -0.15) is 0 Å². The maximum atomic E-state index is 5.98. The quantitative estimate of drug-likeness (QED) is 0.420. The molecule has 0 saturated carbocycles. The highest BCUT2D eigenvalue weighted by Gasteiger charge is 2.09. The summed E-state index contributed by atoms with van der Waals surface area (Å²) in [5.41, 5.74) is 7.22. The van der Waals surface area contributed by atoms with Crippen molar-refractivity contribution in [1.29, 1.82) is 0 Å². The summed E-state index contributed by atoms with van der Waals surface area (Å²) >= 11 is 0. The lowest BCUT2D eigenvalue weighted by atomic mass is 10.2. The van der Waals surface area contributed by atoms with Crippen molar-refractivity contribution >= 4 is 5.96 Å². The van der Waals surface area contributed by atoms with E-state index >= 15 is 0 Å². The van der Waals surface area contributed by atoms with Crippen LogP contribution in [0.2, 0.25) is 0 Å². The van der Waals surface area contributed by atoms with Gasteiger partial charge in [-0.3, -0.25) is 4.90 Å². The van der Waals surface area contributed by atoms with Crippen molar-refractivity contribution in [3.05, 3.63) is 54.1 Å². The van der Waals surface area contributed by atoms with Gasteiger partial charge in [-0.1, -0.05) is 30.3 Å². The zero-order valence-corrected chi connectivity index (χ0v) is 15.2. The Kier molecular flexibility index (Phi) is 7.04. The summed E-state index contributed by atoms with van der Waals surface area (Å²) in [6.45, 7) is 6.87. The molecule has 0 radical (unpaired) electrons. The predicted octanol–water partition coefficient (Wildman–Crippen LogP) is 1.06. The van der Waals surface area contributed by atoms with E-state index in [9.17, 15) is 0 Å². The van der Waals surface area contributed by atoms with Crippen LogP contribution in [0.5, 0.6) is 0 Å². The number of guanidine groups is 1. The number of aromatic nitrogens is 2. The molecule has 1 fully saturated rings. The fourth-order valence-corrected chi connectivity index (χ4v) is 2.97. The van der Waals surface area contributed by atoms with Gasteiger partial charge in [-0.05, 0) is 18.5 Å². The highest BCUT2D eigenvalue weighted by atomic mass is 16.5. The smallest absolute Gasteiger partial charge is 0.189 e. The molecule has 0 aliphatic carbocycles. The Hall–Kier alpha value is -2.38. The molecule has 1 aliphatic heterocycles. The van der Waals surface area contributed by atoms with Gasteiger partial charge in [0.2, 0.25) is 0 Å². The van der Waals surface area contributed by atoms with Crippen LogP contribution in [0, 0.1) is 0 Å². The number of aliphatic imine (C=N–C) groups is 1. The number of nitrogens with two attached hydrogens (primary N) is 1. The van der Waals surface area contributed by atoms with E-state index < -0.39 is 0 Å². The van der Waals surface area contributed by atoms with Crippen LogP contribution >= 0.6 is 0 Å². The van der Waals surface area contributed by atoms with Gasteiger partial charge in [0.05, 0.1) is 13.2 Å². The molecule has 7 nitrogen and oxygen atoms in total. The molecule has 140 valence electrons. The van der Waals surface area contributed by atoms with E-state index in [1.165, 1.54) is 5.56 Å². The third kappa shape index (κ3) is 5.86. The lowest BCUT2D eigenvalue weighted by Crippen LogP contribution is -2.39. The largest absolute Gasteiger partial charge is 0.379 e. The molecule has 1 aromatic carbocycles. The predicted molar refractivity (Wildman–Crippen MR) is 103 cm³/mol. The number of ether oxygens (including phenoxy) is 1. The zero-order valence-electron chi connectivity index (χ0n) is 15.2. The van der Waals surface area contributed by atoms with Crippen LogP contribution in [0.4, 0.5) is 0 Å². The number of imidazole rings is 1. The summed E-state index contributed by atoms with van der Waals surface area (Å²) in [6, 6.07) is 10.3. The second kappa shape index (κ2) is 9.94. The maximum absolute atomic E-state index is 5.98. The molecule has 0 atom stereocenters. The maximum Gasteiger partial charge on any atom is 0.189 e. The average molecular weight is 356 g/mol. The van der Waals surface area contributed by atoms with Crippen LogP contribution in [-0.4, -0.2) is 59.8 Å². The van der Waals surface area contributed by atoms with Crippen LogP contribution in [0.15, 0.2) is 47.7 Å². The zero-order chi connectivity index (χ0) is 18.0. The highest BCUT2D eigenvalue weighted by molar-refractivity contribution is 5.77. The molecule has 0 unspecified atom stereocenters. The summed E-state index contributed by atoms with van der Waals surface area (Å²) in [4.78, 5) is 11.2. The van der Waals surface area contributed by atoms with Gasteiger partial charge in [-0.15, -0.1) is 0 Å². The molecule has 0 amide bonds. The second-order valence-electron chi connectivity index (χ2n) is 6.39. The first-order valence-electron chi connectivity index (χ1n) is 9.19. The third-order valence-corrected chi connectivity index (χ3v) is 4.45. The monoisotopic (exact) mass is 356 g/mol. The molecule has 7 heteroatoms. The molecule has 1 aromatic heterocycles. The van der Waals surface area contributed by atoms with Crippen molar-refractivity contribution in [3.8, 4) is 0 Å². The minimum absolute atomic E-state index is 0.473. The molecule has 3 N–H and O–H groups in total. The van der Waals surface area contributed by atoms with E-state index in [1.807, 2.05) is 24.4 Å². The molecular weight excluding hydrogens is 328 g/mol. The molecule has 2 aromatic rings. The van der Waals surface area contributed by atoms with Crippen LogP contribution in [0.3, 0.4) is 0 Å². The number of benzene rings is 1. The molecule has 3 rings (SSSR count). The van der Waals surface area contributed by atoms with Gasteiger partial charge in [0, 0.05) is 38.6 Å². The minimum atomic E-state index is 0.473. The first-order chi connectivity index (χ1) is 12.8. The van der Waals surface area contributed by atoms with Gasteiger partial charge in [0.15, 0.2) is 5.96 Å². The second-order valence-corrected chi connectivity index (χ2v) is 6.39. The normalized spacial score (nSPS) is 15.9. The first-order valence-corrected chi connectivity index (χ1v) is 9.19. The SMILES string of the molecule is NC(=NCc1nccn1Cc1ccccc1)NCCCN1CCOCC1. The third-order valence-electron chi connectivity index (χ3n) is 4.45. The Morgan fingerprint density at radius 3 is 2.85 bits per heavy atom. The van der Waals surface area contributed by atoms with Crippen LogP contribution in [0.25, 0.3) is 0 Å². The number of morpholine rings is 1. The topological polar surface area (TPSA) is 80.7 Å². The van der Waals surface area contributed by atoms with Crippen molar-refractivity contribution in [2.45, 2.75) is 19.5 Å². The molecule has 26 heavy (non-hydrogen) atoms. The molecule has 2 heterocycles. The van der Waals surface area contributed by atoms with Crippen molar-refractivity contribution in [3.63, 3.8) is 0 Å². The van der Waals surface area contributed by atoms with Crippen molar-refractivity contribution < 1.29 is 4.74 Å². The highest BCUT2D eigenvalue weighted by Crippen LogP contribution is 2.06. The molecular formula is C19H28N6O. The van der Waals surface area contributed by atoms with Crippen molar-refractivity contribution in [2.75, 3.05) is 39.4 Å². The Balaban J connectivity index is 1.40. The molecule has 0 spiro atoms. The van der Waals surface area contributed by atoms with E-state index in [-0.39, 0.29) is 0 Å². The van der Waals surface area contributed by atoms with Crippen LogP contribution < -0.4 is 11.1 Å². The Bertz CT molecular complexity index is 678. The van der Waals surface area contributed by atoms with E-state index in [4.69, 9.17) is 10.5 Å². The number of hydrogen-bond acceptors (Lipinski definition) is 4. The van der Waals surface area contributed by atoms with E-state index in [0.29, 0.717) is 12.5 Å². The molecule has 0 bridgehead atoms. The fraction of sp³-hybridized carbons (Fsp3) is 0.474. The summed E-state index contributed by atoms with van der Waals surface area (Å²) in [5, 5.41) is 3.19. The first kappa shape index (κ1) is 18.4. The lowest BCUT2D eigenvalue weighted by Gasteiger charge is -2.26. The Morgan fingerprint density at radius 1 is 1.23 bits per heavy atom.